The van der Waals surface area contributed by atoms with Crippen LogP contribution in [-0.4, -0.2) is 42.0 Å². The number of hydrogen-bond donors (Lipinski definition) is 1. The van der Waals surface area contributed by atoms with Crippen LogP contribution in [0.2, 0.25) is 5.02 Å². The number of halogens is 2. The summed E-state index contributed by atoms with van der Waals surface area (Å²) in [5.74, 6) is -0.982. The highest BCUT2D eigenvalue weighted by Crippen LogP contribution is 2.30. The molecule has 1 aliphatic rings. The van der Waals surface area contributed by atoms with Crippen molar-refractivity contribution < 1.29 is 18.8 Å². The van der Waals surface area contributed by atoms with Crippen LogP contribution >= 0.6 is 11.6 Å². The molecule has 7 nitrogen and oxygen atoms in total. The first-order valence-electron chi connectivity index (χ1n) is 8.28. The maximum atomic E-state index is 14.4. The minimum atomic E-state index is -0.884. The van der Waals surface area contributed by atoms with Gasteiger partial charge in [0.25, 0.3) is 5.69 Å². The zero-order valence-electron chi connectivity index (χ0n) is 14.2. The second-order valence-corrected chi connectivity index (χ2v) is 6.39. The average Bonchev–Trinajstić information content (AvgIpc) is 2.66. The smallest absolute Gasteiger partial charge is 0.289 e. The second-order valence-electron chi connectivity index (χ2n) is 5.98. The predicted octanol–water partition coefficient (Wildman–Crippen LogP) is 3.40. The molecule has 27 heavy (non-hydrogen) atoms. The summed E-state index contributed by atoms with van der Waals surface area (Å²) in [6.45, 7) is 1.80. The Hall–Kier alpha value is -2.55. The lowest BCUT2D eigenvalue weighted by Gasteiger charge is -2.33. The van der Waals surface area contributed by atoms with Crippen LogP contribution in [-0.2, 0) is 9.53 Å². The molecule has 0 aromatic heterocycles. The molecule has 9 heteroatoms. The van der Waals surface area contributed by atoms with Gasteiger partial charge in [-0.05, 0) is 18.2 Å². The van der Waals surface area contributed by atoms with Gasteiger partial charge in [-0.15, -0.1) is 0 Å². The highest BCUT2D eigenvalue weighted by Gasteiger charge is 2.31. The van der Waals surface area contributed by atoms with E-state index < -0.39 is 22.7 Å². The predicted molar refractivity (Wildman–Crippen MR) is 98.3 cm³/mol. The summed E-state index contributed by atoms with van der Waals surface area (Å²) >= 11 is 5.80. The van der Waals surface area contributed by atoms with Crippen LogP contribution in [0.5, 0.6) is 0 Å². The molecule has 1 heterocycles. The van der Waals surface area contributed by atoms with E-state index in [1.807, 2.05) is 4.90 Å². The molecule has 142 valence electrons. The number of carbonyl (C=O) groups excluding carboxylic acids is 1. The first-order chi connectivity index (χ1) is 13.0. The Balaban J connectivity index is 1.90. The van der Waals surface area contributed by atoms with E-state index in [9.17, 15) is 19.3 Å². The van der Waals surface area contributed by atoms with Gasteiger partial charge < -0.3 is 10.1 Å². The van der Waals surface area contributed by atoms with Crippen LogP contribution in [0.1, 0.15) is 11.6 Å². The van der Waals surface area contributed by atoms with Crippen molar-refractivity contribution >= 4 is 28.9 Å². The number of rotatable bonds is 5. The number of nitro benzene ring substituents is 1. The largest absolute Gasteiger partial charge is 0.379 e. The molecule has 1 unspecified atom stereocenters. The molecule has 0 spiro atoms. The molecular formula is C18H17ClFN3O4. The number of hydrogen-bond acceptors (Lipinski definition) is 5. The molecule has 0 bridgehead atoms. The molecule has 0 aliphatic carbocycles. The Morgan fingerprint density at radius 3 is 2.63 bits per heavy atom. The number of nitro groups is 1. The van der Waals surface area contributed by atoms with E-state index in [2.05, 4.69) is 5.32 Å². The summed E-state index contributed by atoms with van der Waals surface area (Å²) in [5, 5.41) is 13.6. The third-order valence-electron chi connectivity index (χ3n) is 4.27. The number of nitrogens with one attached hydrogen (secondary N) is 1. The number of anilines is 1. The van der Waals surface area contributed by atoms with E-state index >= 15 is 0 Å². The van der Waals surface area contributed by atoms with Crippen molar-refractivity contribution in [3.63, 3.8) is 0 Å². The molecule has 1 amide bonds. The van der Waals surface area contributed by atoms with E-state index in [-0.39, 0.29) is 22.0 Å². The van der Waals surface area contributed by atoms with Crippen molar-refractivity contribution in [3.8, 4) is 0 Å². The molecule has 3 rings (SSSR count). The quantitative estimate of drug-likeness (QED) is 0.621. The van der Waals surface area contributed by atoms with Crippen molar-refractivity contribution in [3.05, 3.63) is 69.0 Å². The topological polar surface area (TPSA) is 84.7 Å². The summed E-state index contributed by atoms with van der Waals surface area (Å²) in [6, 6.07) is 9.15. The molecule has 0 saturated carbocycles. The second kappa shape index (κ2) is 8.43. The van der Waals surface area contributed by atoms with E-state index in [0.717, 1.165) is 0 Å². The van der Waals surface area contributed by atoms with Crippen LogP contribution < -0.4 is 5.32 Å². The third kappa shape index (κ3) is 4.41. The van der Waals surface area contributed by atoms with Gasteiger partial charge in [0.05, 0.1) is 18.1 Å². The molecule has 1 atom stereocenters. The number of amides is 1. The molecule has 1 saturated heterocycles. The molecule has 0 radical (unpaired) electrons. The van der Waals surface area contributed by atoms with Crippen LogP contribution in [0.3, 0.4) is 0 Å². The van der Waals surface area contributed by atoms with Gasteiger partial charge in [-0.2, -0.15) is 0 Å². The minimum absolute atomic E-state index is 0.0307. The summed E-state index contributed by atoms with van der Waals surface area (Å²) in [5.41, 5.74) is 0.134. The lowest BCUT2D eigenvalue weighted by Crippen LogP contribution is -2.44. The van der Waals surface area contributed by atoms with Crippen molar-refractivity contribution in [1.82, 2.24) is 4.90 Å². The van der Waals surface area contributed by atoms with Crippen LogP contribution in [0.4, 0.5) is 15.8 Å². The van der Waals surface area contributed by atoms with E-state index in [1.165, 1.54) is 24.3 Å². The van der Waals surface area contributed by atoms with Gasteiger partial charge in [0.2, 0.25) is 5.91 Å². The molecule has 2 aromatic rings. The lowest BCUT2D eigenvalue weighted by molar-refractivity contribution is -0.384. The van der Waals surface area contributed by atoms with E-state index in [1.54, 1.807) is 18.2 Å². The third-order valence-corrected chi connectivity index (χ3v) is 4.59. The summed E-state index contributed by atoms with van der Waals surface area (Å²) < 4.78 is 19.7. The molecule has 1 N–H and O–H groups in total. The van der Waals surface area contributed by atoms with Crippen LogP contribution in [0.15, 0.2) is 42.5 Å². The van der Waals surface area contributed by atoms with Gasteiger partial charge in [0, 0.05) is 30.4 Å². The summed E-state index contributed by atoms with van der Waals surface area (Å²) in [6.07, 6.45) is 0. The van der Waals surface area contributed by atoms with Crippen LogP contribution in [0, 0.1) is 15.9 Å². The van der Waals surface area contributed by atoms with Gasteiger partial charge in [0.15, 0.2) is 0 Å². The fourth-order valence-corrected chi connectivity index (χ4v) is 3.16. The normalized spacial score (nSPS) is 15.9. The number of benzene rings is 2. The zero-order chi connectivity index (χ0) is 19.4. The van der Waals surface area contributed by atoms with Gasteiger partial charge in [0.1, 0.15) is 16.9 Å². The Bertz CT molecular complexity index is 858. The van der Waals surface area contributed by atoms with Gasteiger partial charge in [-0.25, -0.2) is 4.39 Å². The minimum Gasteiger partial charge on any atom is -0.379 e. The van der Waals surface area contributed by atoms with E-state index in [4.69, 9.17) is 16.3 Å². The summed E-state index contributed by atoms with van der Waals surface area (Å²) in [4.78, 5) is 25.2. The standard InChI is InChI=1S/C18H17ClFN3O4/c19-14-6-5-12(11-16(14)23(25)26)21-18(24)17(22-7-9-27-10-8-22)13-3-1-2-4-15(13)20/h1-6,11,17H,7-10H2,(H,21,24). The van der Waals surface area contributed by atoms with Gasteiger partial charge in [-0.3, -0.25) is 19.8 Å². The van der Waals surface area contributed by atoms with Crippen molar-refractivity contribution in [2.75, 3.05) is 31.6 Å². The van der Waals surface area contributed by atoms with Gasteiger partial charge in [-0.1, -0.05) is 29.8 Å². The van der Waals surface area contributed by atoms with Crippen molar-refractivity contribution in [2.45, 2.75) is 6.04 Å². The zero-order valence-corrected chi connectivity index (χ0v) is 15.0. The number of morpholine rings is 1. The van der Waals surface area contributed by atoms with Crippen molar-refractivity contribution in [1.29, 1.82) is 0 Å². The molecular weight excluding hydrogens is 377 g/mol. The monoisotopic (exact) mass is 393 g/mol. The Morgan fingerprint density at radius 2 is 1.96 bits per heavy atom. The maximum Gasteiger partial charge on any atom is 0.289 e. The number of nitrogens with zero attached hydrogens (tertiary/aromatic N) is 2. The van der Waals surface area contributed by atoms with Crippen molar-refractivity contribution in [2.24, 2.45) is 0 Å². The Kier molecular flexibility index (Phi) is 6.00. The SMILES string of the molecule is O=C(Nc1ccc(Cl)c([N+](=O)[O-])c1)C(c1ccccc1F)N1CCOCC1. The first kappa shape index (κ1) is 19.2. The molecule has 1 aliphatic heterocycles. The highest BCUT2D eigenvalue weighted by molar-refractivity contribution is 6.32. The lowest BCUT2D eigenvalue weighted by atomic mass is 10.0. The average molecular weight is 394 g/mol. The maximum absolute atomic E-state index is 14.4. The first-order valence-corrected chi connectivity index (χ1v) is 8.66. The number of carbonyl (C=O) groups is 1. The van der Waals surface area contributed by atoms with E-state index in [0.29, 0.717) is 26.3 Å². The summed E-state index contributed by atoms with van der Waals surface area (Å²) in [7, 11) is 0. The number of ether oxygens (including phenoxy) is 1. The Morgan fingerprint density at radius 1 is 1.26 bits per heavy atom. The fourth-order valence-electron chi connectivity index (χ4n) is 2.98. The van der Waals surface area contributed by atoms with Gasteiger partial charge >= 0.3 is 0 Å². The molecule has 1 fully saturated rings. The van der Waals surface area contributed by atoms with Crippen LogP contribution in [0.25, 0.3) is 0 Å². The highest BCUT2D eigenvalue weighted by atomic mass is 35.5. The Labute approximate surface area is 159 Å². The molecule has 2 aromatic carbocycles. The fraction of sp³-hybridized carbons (Fsp3) is 0.278.